The number of benzene rings is 2. The van der Waals surface area contributed by atoms with Gasteiger partial charge in [0.2, 0.25) is 0 Å². The predicted molar refractivity (Wildman–Crippen MR) is 135 cm³/mol. The minimum absolute atomic E-state index is 0.281. The number of aryl methyl sites for hydroxylation is 1. The fraction of sp³-hybridized carbons (Fsp3) is 0.0741. The van der Waals surface area contributed by atoms with Gasteiger partial charge in [0.15, 0.2) is 11.6 Å². The van der Waals surface area contributed by atoms with Crippen molar-refractivity contribution in [2.45, 2.75) is 13.8 Å². The third kappa shape index (κ3) is 3.71. The lowest BCUT2D eigenvalue weighted by molar-refractivity contribution is 0.102. The molecule has 8 nitrogen and oxygen atoms in total. The van der Waals surface area contributed by atoms with E-state index in [1.807, 2.05) is 92.7 Å². The molecule has 6 aromatic rings. The highest BCUT2D eigenvalue weighted by Crippen LogP contribution is 2.21. The number of nitrogens with zero attached hydrogens (tertiary/aromatic N) is 6. The van der Waals surface area contributed by atoms with Crippen molar-refractivity contribution in [1.29, 1.82) is 0 Å². The van der Waals surface area contributed by atoms with E-state index < -0.39 is 0 Å². The lowest BCUT2D eigenvalue weighted by atomic mass is 10.2. The van der Waals surface area contributed by atoms with E-state index in [2.05, 4.69) is 15.5 Å². The molecule has 35 heavy (non-hydrogen) atoms. The third-order valence-electron chi connectivity index (χ3n) is 5.93. The van der Waals surface area contributed by atoms with E-state index in [9.17, 15) is 4.79 Å². The summed E-state index contributed by atoms with van der Waals surface area (Å²) in [5.74, 6) is 1.53. The fourth-order valence-corrected chi connectivity index (χ4v) is 4.16. The first-order valence-electron chi connectivity index (χ1n) is 11.2. The van der Waals surface area contributed by atoms with Crippen molar-refractivity contribution in [3.63, 3.8) is 0 Å². The van der Waals surface area contributed by atoms with Gasteiger partial charge in [-0.15, -0.1) is 0 Å². The van der Waals surface area contributed by atoms with Crippen LogP contribution in [0.5, 0.6) is 0 Å². The minimum Gasteiger partial charge on any atom is -0.306 e. The molecule has 0 aliphatic carbocycles. The molecule has 170 valence electrons. The Hall–Kier alpha value is -4.85. The quantitative estimate of drug-likeness (QED) is 0.400. The molecule has 0 unspecified atom stereocenters. The monoisotopic (exact) mass is 459 g/mol. The normalized spacial score (nSPS) is 11.3. The van der Waals surface area contributed by atoms with Gasteiger partial charge >= 0.3 is 0 Å². The summed E-state index contributed by atoms with van der Waals surface area (Å²) in [6.07, 6.45) is 1.56. The number of aromatic nitrogens is 6. The molecule has 0 atom stereocenters. The molecule has 0 aliphatic heterocycles. The smallest absolute Gasteiger partial charge is 0.260 e. The Morgan fingerprint density at radius 3 is 2.03 bits per heavy atom. The van der Waals surface area contributed by atoms with Crippen LogP contribution in [0.1, 0.15) is 21.7 Å². The first kappa shape index (κ1) is 20.7. The molecular formula is C27H21N7O. The summed E-state index contributed by atoms with van der Waals surface area (Å²) in [5, 5.41) is 14.0. The van der Waals surface area contributed by atoms with Crippen molar-refractivity contribution in [2.75, 3.05) is 5.32 Å². The maximum atomic E-state index is 13.3. The second kappa shape index (κ2) is 8.18. The first-order valence-corrected chi connectivity index (χ1v) is 11.2. The van der Waals surface area contributed by atoms with Gasteiger partial charge in [0, 0.05) is 16.8 Å². The molecule has 2 aromatic carbocycles. The van der Waals surface area contributed by atoms with Crippen LogP contribution < -0.4 is 5.32 Å². The molecule has 0 aliphatic rings. The molecule has 0 saturated carbocycles. The molecule has 0 saturated heterocycles. The Morgan fingerprint density at radius 1 is 0.771 bits per heavy atom. The molecule has 0 spiro atoms. The van der Waals surface area contributed by atoms with Gasteiger partial charge in [-0.1, -0.05) is 36.4 Å². The van der Waals surface area contributed by atoms with E-state index in [4.69, 9.17) is 9.97 Å². The molecule has 4 aromatic heterocycles. The summed E-state index contributed by atoms with van der Waals surface area (Å²) in [5.41, 5.74) is 3.64. The second-order valence-corrected chi connectivity index (χ2v) is 8.32. The number of anilines is 1. The highest BCUT2D eigenvalue weighted by Gasteiger charge is 2.19. The van der Waals surface area contributed by atoms with E-state index in [0.29, 0.717) is 28.7 Å². The number of pyridine rings is 2. The third-order valence-corrected chi connectivity index (χ3v) is 5.93. The molecule has 6 rings (SSSR count). The molecular weight excluding hydrogens is 438 g/mol. The van der Waals surface area contributed by atoms with Gasteiger partial charge in [-0.25, -0.2) is 14.6 Å². The van der Waals surface area contributed by atoms with Gasteiger partial charge in [0.05, 0.1) is 34.2 Å². The summed E-state index contributed by atoms with van der Waals surface area (Å²) < 4.78 is 3.32. The minimum atomic E-state index is -0.281. The summed E-state index contributed by atoms with van der Waals surface area (Å²) in [6.45, 7) is 3.73. The fourth-order valence-electron chi connectivity index (χ4n) is 4.16. The van der Waals surface area contributed by atoms with Crippen LogP contribution in [0.2, 0.25) is 0 Å². The van der Waals surface area contributed by atoms with E-state index in [1.54, 1.807) is 15.6 Å². The molecule has 0 fully saturated rings. The molecule has 8 heteroatoms. The number of nitrogens with one attached hydrogen (secondary N) is 1. The number of para-hydroxylation sites is 2. The maximum Gasteiger partial charge on any atom is 0.260 e. The van der Waals surface area contributed by atoms with Gasteiger partial charge < -0.3 is 5.32 Å². The predicted octanol–water partition coefficient (Wildman–Crippen LogP) is 5.02. The van der Waals surface area contributed by atoms with Crippen molar-refractivity contribution < 1.29 is 4.79 Å². The Bertz CT molecular complexity index is 1730. The van der Waals surface area contributed by atoms with Crippen LogP contribution in [0.4, 0.5) is 5.82 Å². The van der Waals surface area contributed by atoms with E-state index in [-0.39, 0.29) is 5.91 Å². The average molecular weight is 460 g/mol. The van der Waals surface area contributed by atoms with Crippen LogP contribution in [-0.4, -0.2) is 35.4 Å². The Balaban J connectivity index is 1.32. The van der Waals surface area contributed by atoms with Crippen LogP contribution in [0.3, 0.4) is 0 Å². The van der Waals surface area contributed by atoms with Gasteiger partial charge in [0.1, 0.15) is 5.82 Å². The zero-order valence-corrected chi connectivity index (χ0v) is 19.2. The van der Waals surface area contributed by atoms with Crippen molar-refractivity contribution in [3.05, 3.63) is 102 Å². The maximum absolute atomic E-state index is 13.3. The van der Waals surface area contributed by atoms with Gasteiger partial charge in [0.25, 0.3) is 5.91 Å². The molecule has 1 amide bonds. The zero-order chi connectivity index (χ0) is 23.9. The van der Waals surface area contributed by atoms with Crippen molar-refractivity contribution in [1.82, 2.24) is 29.5 Å². The highest BCUT2D eigenvalue weighted by molar-refractivity contribution is 6.04. The Labute approximate surface area is 200 Å². The molecule has 1 N–H and O–H groups in total. The number of carbonyl (C=O) groups excluding carboxylic acids is 1. The van der Waals surface area contributed by atoms with Crippen molar-refractivity contribution in [2.24, 2.45) is 0 Å². The van der Waals surface area contributed by atoms with E-state index in [0.717, 1.165) is 27.5 Å². The van der Waals surface area contributed by atoms with E-state index >= 15 is 0 Å². The summed E-state index contributed by atoms with van der Waals surface area (Å²) in [6, 6.07) is 25.4. The van der Waals surface area contributed by atoms with Crippen LogP contribution in [0, 0.1) is 13.8 Å². The standard InChI is InChI=1S/C27H21N7O/c1-17-15-26(34(32-17)25-14-12-20-8-4-6-10-23(20)30-25)31-27(35)21-16-28-33(18(21)2)24-13-11-19-7-3-5-9-22(19)29-24/h3-16H,1-2H3,(H,31,35). The first-order chi connectivity index (χ1) is 17.1. The number of rotatable bonds is 4. The number of hydrogen-bond donors (Lipinski definition) is 1. The number of hydrogen-bond acceptors (Lipinski definition) is 5. The zero-order valence-electron chi connectivity index (χ0n) is 19.2. The number of amides is 1. The van der Waals surface area contributed by atoms with Gasteiger partial charge in [-0.2, -0.15) is 14.9 Å². The van der Waals surface area contributed by atoms with Crippen LogP contribution in [0.15, 0.2) is 85.1 Å². The molecule has 0 bridgehead atoms. The number of fused-ring (bicyclic) bond motifs is 2. The second-order valence-electron chi connectivity index (χ2n) is 8.32. The van der Waals surface area contributed by atoms with Gasteiger partial charge in [-0.3, -0.25) is 4.79 Å². The summed E-state index contributed by atoms with van der Waals surface area (Å²) in [4.78, 5) is 22.7. The average Bonchev–Trinajstić information content (AvgIpc) is 3.45. The van der Waals surface area contributed by atoms with Crippen molar-refractivity contribution >= 4 is 33.5 Å². The lowest BCUT2D eigenvalue weighted by Gasteiger charge is -2.09. The van der Waals surface area contributed by atoms with Crippen LogP contribution in [-0.2, 0) is 0 Å². The summed E-state index contributed by atoms with van der Waals surface area (Å²) >= 11 is 0. The SMILES string of the molecule is Cc1cc(NC(=O)c2cnn(-c3ccc4ccccc4n3)c2C)n(-c2ccc3ccccc3n2)n1. The largest absolute Gasteiger partial charge is 0.306 e. The lowest BCUT2D eigenvalue weighted by Crippen LogP contribution is -2.16. The van der Waals surface area contributed by atoms with E-state index in [1.165, 1.54) is 0 Å². The Kier molecular flexibility index (Phi) is 4.84. The highest BCUT2D eigenvalue weighted by atomic mass is 16.1. The topological polar surface area (TPSA) is 90.5 Å². The molecule has 4 heterocycles. The Morgan fingerprint density at radius 2 is 1.37 bits per heavy atom. The van der Waals surface area contributed by atoms with Gasteiger partial charge in [-0.05, 0) is 50.2 Å². The number of carbonyl (C=O) groups is 1. The molecule has 0 radical (unpaired) electrons. The van der Waals surface area contributed by atoms with Crippen LogP contribution >= 0.6 is 0 Å². The summed E-state index contributed by atoms with van der Waals surface area (Å²) in [7, 11) is 0. The van der Waals surface area contributed by atoms with Crippen LogP contribution in [0.25, 0.3) is 33.4 Å². The van der Waals surface area contributed by atoms with Crippen molar-refractivity contribution in [3.8, 4) is 11.6 Å².